The van der Waals surface area contributed by atoms with Crippen molar-refractivity contribution in [3.63, 3.8) is 0 Å². The molecule has 0 radical (unpaired) electrons. The maximum atomic E-state index is 7.41. The van der Waals surface area contributed by atoms with Gasteiger partial charge in [-0.1, -0.05) is 90.2 Å². The van der Waals surface area contributed by atoms with Crippen LogP contribution in [0.3, 0.4) is 0 Å². The molecular formula is C35H60Cl2O2Si2Zr. The van der Waals surface area contributed by atoms with Crippen molar-refractivity contribution in [3.05, 3.63) is 48.6 Å². The van der Waals surface area contributed by atoms with E-state index in [-0.39, 0.29) is 56.4 Å². The largest absolute Gasteiger partial charge is 2.00 e. The van der Waals surface area contributed by atoms with Crippen molar-refractivity contribution in [1.82, 2.24) is 0 Å². The monoisotopic (exact) mass is 728 g/mol. The number of allylic oxidation sites excluding steroid dienone is 8. The summed E-state index contributed by atoms with van der Waals surface area (Å²) in [7, 11) is -3.26. The normalized spacial score (nSPS) is 29.2. The number of hydrogen-bond donors (Lipinski definition) is 0. The van der Waals surface area contributed by atoms with Crippen LogP contribution in [0.4, 0.5) is 0 Å². The minimum Gasteiger partial charge on any atom is -1.00 e. The van der Waals surface area contributed by atoms with Gasteiger partial charge in [0, 0.05) is 13.2 Å². The molecule has 42 heavy (non-hydrogen) atoms. The molecule has 0 amide bonds. The molecule has 0 aromatic carbocycles. The van der Waals surface area contributed by atoms with Crippen molar-refractivity contribution < 1.29 is 59.9 Å². The molecule has 0 heterocycles. The number of fused-ring (bicyclic) bond motifs is 2. The Bertz CT molecular complexity index is 839. The molecule has 4 aliphatic rings. The van der Waals surface area contributed by atoms with Gasteiger partial charge in [0.05, 0.1) is 0 Å². The molecule has 0 N–H and O–H groups in total. The molecule has 6 unspecified atom stereocenters. The van der Waals surface area contributed by atoms with E-state index >= 15 is 0 Å². The Morgan fingerprint density at radius 2 is 1.00 bits per heavy atom. The van der Waals surface area contributed by atoms with E-state index in [9.17, 15) is 0 Å². The van der Waals surface area contributed by atoms with Crippen LogP contribution in [0.5, 0.6) is 0 Å². The standard InChI is InChI=1S/C35H60O2Si2.2ClH.Zr/c1-7-38(8-2,9-3)36-27-17-26-35(28-37-39(10-4,11-5)12-6,33-24-22-29-18-13-15-20-31(29)33)34-25-23-30-19-14-16-21-32(30)34;;;/h13-16,18-21,29-34H,7-12,17,22-28H2,1-6H3;2*1H;/q;;;+2/p-2. The Balaban J connectivity index is 0.00000294. The predicted octanol–water partition coefficient (Wildman–Crippen LogP) is 4.34. The molecule has 6 atom stereocenters. The maximum Gasteiger partial charge on any atom is 2.00 e. The second-order valence-corrected chi connectivity index (χ2v) is 22.9. The van der Waals surface area contributed by atoms with E-state index in [1.165, 1.54) is 74.8 Å². The molecule has 0 spiro atoms. The molecule has 2 nitrogen and oxygen atoms in total. The quantitative estimate of drug-likeness (QED) is 0.174. The summed E-state index contributed by atoms with van der Waals surface area (Å²) in [6, 6.07) is 7.48. The maximum absolute atomic E-state index is 7.41. The predicted molar refractivity (Wildman–Crippen MR) is 174 cm³/mol. The van der Waals surface area contributed by atoms with E-state index in [2.05, 4.69) is 90.2 Å². The average Bonchev–Trinajstić information content (AvgIpc) is 3.63. The van der Waals surface area contributed by atoms with Gasteiger partial charge < -0.3 is 33.7 Å². The molecule has 4 rings (SSSR count). The molecule has 2 fully saturated rings. The fourth-order valence-corrected chi connectivity index (χ4v) is 14.7. The average molecular weight is 731 g/mol. The Kier molecular flexibility index (Phi) is 18.3. The molecule has 4 aliphatic carbocycles. The summed E-state index contributed by atoms with van der Waals surface area (Å²) in [5, 5.41) is 0. The van der Waals surface area contributed by atoms with Crippen LogP contribution in [0.15, 0.2) is 48.6 Å². The van der Waals surface area contributed by atoms with Crippen molar-refractivity contribution in [3.8, 4) is 0 Å². The van der Waals surface area contributed by atoms with Crippen molar-refractivity contribution in [2.24, 2.45) is 40.9 Å². The second kappa shape index (κ2) is 18.8. The molecule has 0 saturated heterocycles. The van der Waals surface area contributed by atoms with Crippen LogP contribution in [0, 0.1) is 40.9 Å². The smallest absolute Gasteiger partial charge is 1.00 e. The van der Waals surface area contributed by atoms with E-state index < -0.39 is 16.6 Å². The Morgan fingerprint density at radius 1 is 0.595 bits per heavy atom. The van der Waals surface area contributed by atoms with Gasteiger partial charge in [0.1, 0.15) is 0 Å². The first-order chi connectivity index (χ1) is 19.0. The van der Waals surface area contributed by atoms with Crippen LogP contribution < -0.4 is 24.8 Å². The summed E-state index contributed by atoms with van der Waals surface area (Å²) in [6.45, 7) is 16.2. The van der Waals surface area contributed by atoms with E-state index in [1.807, 2.05) is 0 Å². The summed E-state index contributed by atoms with van der Waals surface area (Å²) in [5.74, 6) is 4.24. The summed E-state index contributed by atoms with van der Waals surface area (Å²) in [5.41, 5.74) is 0.236. The fourth-order valence-electron chi connectivity index (χ4n) is 9.28. The van der Waals surface area contributed by atoms with E-state index in [0.717, 1.165) is 36.9 Å². The molecule has 238 valence electrons. The van der Waals surface area contributed by atoms with E-state index in [4.69, 9.17) is 8.85 Å². The Labute approximate surface area is 293 Å². The molecule has 0 aliphatic heterocycles. The Morgan fingerprint density at radius 3 is 1.43 bits per heavy atom. The molecule has 7 heteroatoms. The third-order valence-electron chi connectivity index (χ3n) is 12.3. The Hall–Kier alpha value is 0.777. The van der Waals surface area contributed by atoms with Crippen LogP contribution in [-0.2, 0) is 35.1 Å². The summed E-state index contributed by atoms with van der Waals surface area (Å²) in [4.78, 5) is 0. The minimum atomic E-state index is -1.70. The number of hydrogen-bond acceptors (Lipinski definition) is 2. The number of halogens is 2. The zero-order valence-electron chi connectivity index (χ0n) is 27.6. The van der Waals surface area contributed by atoms with Gasteiger partial charge in [-0.05, 0) is 116 Å². The van der Waals surface area contributed by atoms with Crippen molar-refractivity contribution in [2.45, 2.75) is 116 Å². The SMILES string of the molecule is CC[Si](CC)(CC)OCCCC(CO[Si](CC)(CC)CC)(C1CCC2C=CC=CC21)C1CCC2C=CC=CC21.[Cl-].[Cl-].[Zr+2]. The minimum absolute atomic E-state index is 0. The van der Waals surface area contributed by atoms with E-state index in [1.54, 1.807) is 0 Å². The third-order valence-corrected chi connectivity index (χ3v) is 21.6. The fraction of sp³-hybridized carbons (Fsp3) is 0.771. The van der Waals surface area contributed by atoms with E-state index in [0.29, 0.717) is 11.8 Å². The third kappa shape index (κ3) is 8.57. The second-order valence-electron chi connectivity index (χ2n) is 13.4. The van der Waals surface area contributed by atoms with Crippen LogP contribution in [0.2, 0.25) is 36.3 Å². The zero-order valence-corrected chi connectivity index (χ0v) is 33.5. The summed E-state index contributed by atoms with van der Waals surface area (Å²) >= 11 is 0. The van der Waals surface area contributed by atoms with Crippen LogP contribution in [0.1, 0.15) is 80.1 Å². The number of rotatable bonds is 16. The van der Waals surface area contributed by atoms with Gasteiger partial charge in [0.2, 0.25) is 0 Å². The van der Waals surface area contributed by atoms with Crippen LogP contribution in [0.25, 0.3) is 0 Å². The van der Waals surface area contributed by atoms with Gasteiger partial charge >= 0.3 is 26.2 Å². The molecule has 0 aromatic heterocycles. The van der Waals surface area contributed by atoms with Crippen molar-refractivity contribution in [2.75, 3.05) is 13.2 Å². The van der Waals surface area contributed by atoms with Gasteiger partial charge in [-0.25, -0.2) is 0 Å². The summed E-state index contributed by atoms with van der Waals surface area (Å²) in [6.07, 6.45) is 27.4. The van der Waals surface area contributed by atoms with Crippen LogP contribution in [-0.4, -0.2) is 29.8 Å². The molecule has 0 bridgehead atoms. The molecular weight excluding hydrogens is 671 g/mol. The van der Waals surface area contributed by atoms with Crippen LogP contribution >= 0.6 is 0 Å². The van der Waals surface area contributed by atoms with Gasteiger partial charge in [0.15, 0.2) is 16.6 Å². The summed E-state index contributed by atoms with van der Waals surface area (Å²) < 4.78 is 14.3. The van der Waals surface area contributed by atoms with Gasteiger partial charge in [-0.15, -0.1) is 0 Å². The van der Waals surface area contributed by atoms with Gasteiger partial charge in [0.25, 0.3) is 0 Å². The molecule has 2 saturated carbocycles. The van der Waals surface area contributed by atoms with Crippen molar-refractivity contribution in [1.29, 1.82) is 0 Å². The first kappa shape index (κ1) is 40.8. The first-order valence-electron chi connectivity index (χ1n) is 16.9. The van der Waals surface area contributed by atoms with Gasteiger partial charge in [-0.2, -0.15) is 0 Å². The first-order valence-corrected chi connectivity index (χ1v) is 22.0. The zero-order chi connectivity index (χ0) is 27.9. The van der Waals surface area contributed by atoms with Crippen molar-refractivity contribution >= 4 is 16.6 Å². The topological polar surface area (TPSA) is 18.5 Å². The molecule has 0 aromatic rings. The van der Waals surface area contributed by atoms with Gasteiger partial charge in [-0.3, -0.25) is 0 Å².